The molecule has 4 N–H and O–H groups in total. The molecule has 5 heteroatoms. The smallest absolute Gasteiger partial charge is 0.303 e. The first-order valence-corrected chi connectivity index (χ1v) is 10.8. The lowest BCUT2D eigenvalue weighted by atomic mass is 10.0. The molecule has 5 nitrogen and oxygen atoms in total. The van der Waals surface area contributed by atoms with Crippen LogP contribution in [0, 0.1) is 0 Å². The van der Waals surface area contributed by atoms with Gasteiger partial charge in [-0.2, -0.15) is 0 Å². The van der Waals surface area contributed by atoms with Crippen LogP contribution in [0.25, 0.3) is 0 Å². The van der Waals surface area contributed by atoms with Crippen molar-refractivity contribution in [1.29, 1.82) is 0 Å². The third-order valence-electron chi connectivity index (χ3n) is 5.02. The van der Waals surface area contributed by atoms with E-state index in [9.17, 15) is 15.0 Å². The summed E-state index contributed by atoms with van der Waals surface area (Å²) < 4.78 is 0. The second kappa shape index (κ2) is 19.1. The summed E-state index contributed by atoms with van der Waals surface area (Å²) in [6.07, 6.45) is 16.9. The lowest BCUT2D eigenvalue weighted by Gasteiger charge is -2.14. The highest BCUT2D eigenvalue weighted by Gasteiger charge is 2.13. The molecule has 0 bridgehead atoms. The highest BCUT2D eigenvalue weighted by Crippen LogP contribution is 2.14. The highest BCUT2D eigenvalue weighted by atomic mass is 16.4. The van der Waals surface area contributed by atoms with E-state index in [0.717, 1.165) is 25.7 Å². The summed E-state index contributed by atoms with van der Waals surface area (Å²) in [5, 5.41) is 36.1. The van der Waals surface area contributed by atoms with Crippen LogP contribution in [0.5, 0.6) is 0 Å². The summed E-state index contributed by atoms with van der Waals surface area (Å²) >= 11 is 0. The van der Waals surface area contributed by atoms with Gasteiger partial charge in [-0.3, -0.25) is 4.79 Å². The Labute approximate surface area is 159 Å². The van der Waals surface area contributed by atoms with Gasteiger partial charge in [0.05, 0.1) is 12.7 Å². The van der Waals surface area contributed by atoms with Crippen LogP contribution in [0.2, 0.25) is 0 Å². The Balaban J connectivity index is 3.10. The summed E-state index contributed by atoms with van der Waals surface area (Å²) in [5.74, 6) is -0.679. The van der Waals surface area contributed by atoms with Gasteiger partial charge in [-0.1, -0.05) is 89.9 Å². The maximum absolute atomic E-state index is 10.4. The van der Waals surface area contributed by atoms with Crippen LogP contribution in [-0.2, 0) is 4.79 Å². The van der Waals surface area contributed by atoms with Crippen molar-refractivity contribution in [2.24, 2.45) is 0 Å². The van der Waals surface area contributed by atoms with Crippen LogP contribution in [0.4, 0.5) is 0 Å². The lowest BCUT2D eigenvalue weighted by Crippen LogP contribution is -2.28. The fourth-order valence-corrected chi connectivity index (χ4v) is 3.24. The molecule has 0 radical (unpaired) electrons. The highest BCUT2D eigenvalue weighted by molar-refractivity contribution is 5.66. The Kier molecular flexibility index (Phi) is 18.6. The van der Waals surface area contributed by atoms with Gasteiger partial charge in [0.2, 0.25) is 0 Å². The standard InChI is InChI=1S/C21H42O5/c22-18-20(24)19(23)16-14-12-10-8-6-4-2-1-3-5-7-9-11-13-15-17-21(25)26/h19-20,22-24H,1-18H2,(H,25,26). The number of unbranched alkanes of at least 4 members (excludes halogenated alkanes) is 14. The molecule has 0 aliphatic heterocycles. The summed E-state index contributed by atoms with van der Waals surface area (Å²) in [7, 11) is 0. The molecule has 0 heterocycles. The van der Waals surface area contributed by atoms with E-state index >= 15 is 0 Å². The molecule has 0 saturated heterocycles. The minimum atomic E-state index is -0.994. The monoisotopic (exact) mass is 374 g/mol. The number of hydrogen-bond donors (Lipinski definition) is 4. The zero-order valence-electron chi connectivity index (χ0n) is 16.6. The van der Waals surface area contributed by atoms with E-state index in [1.54, 1.807) is 0 Å². The van der Waals surface area contributed by atoms with Gasteiger partial charge in [-0.25, -0.2) is 0 Å². The molecule has 26 heavy (non-hydrogen) atoms. The van der Waals surface area contributed by atoms with Crippen molar-refractivity contribution >= 4 is 5.97 Å². The quantitative estimate of drug-likeness (QED) is 0.237. The summed E-state index contributed by atoms with van der Waals surface area (Å²) in [6, 6.07) is 0. The Hall–Kier alpha value is -0.650. The molecule has 0 amide bonds. The molecule has 0 aromatic heterocycles. The van der Waals surface area contributed by atoms with Gasteiger partial charge in [0.1, 0.15) is 6.10 Å². The average molecular weight is 375 g/mol. The second-order valence-electron chi connectivity index (χ2n) is 7.55. The van der Waals surface area contributed by atoms with Crippen LogP contribution in [0.3, 0.4) is 0 Å². The number of aliphatic carboxylic acids is 1. The Morgan fingerprint density at radius 2 is 0.923 bits per heavy atom. The Morgan fingerprint density at radius 3 is 1.27 bits per heavy atom. The number of hydrogen-bond acceptors (Lipinski definition) is 4. The van der Waals surface area contributed by atoms with Crippen molar-refractivity contribution in [1.82, 2.24) is 0 Å². The Morgan fingerprint density at radius 1 is 0.577 bits per heavy atom. The topological polar surface area (TPSA) is 98.0 Å². The average Bonchev–Trinajstić information content (AvgIpc) is 2.63. The maximum Gasteiger partial charge on any atom is 0.303 e. The Bertz CT molecular complexity index is 309. The normalized spacial score (nSPS) is 13.7. The predicted molar refractivity (Wildman–Crippen MR) is 105 cm³/mol. The number of carboxylic acid groups (broad SMARTS) is 1. The van der Waals surface area contributed by atoms with Gasteiger partial charge >= 0.3 is 5.97 Å². The van der Waals surface area contributed by atoms with E-state index in [2.05, 4.69) is 0 Å². The molecule has 0 aliphatic carbocycles. The predicted octanol–water partition coefficient (Wildman–Crippen LogP) is 4.42. The summed E-state index contributed by atoms with van der Waals surface area (Å²) in [4.78, 5) is 10.4. The zero-order chi connectivity index (χ0) is 19.5. The fourth-order valence-electron chi connectivity index (χ4n) is 3.24. The van der Waals surface area contributed by atoms with Crippen LogP contribution in [0.15, 0.2) is 0 Å². The number of aliphatic hydroxyl groups is 3. The molecule has 0 fully saturated rings. The fraction of sp³-hybridized carbons (Fsp3) is 0.952. The molecular formula is C21H42O5. The number of aliphatic hydroxyl groups excluding tert-OH is 3. The first kappa shape index (κ1) is 25.4. The van der Waals surface area contributed by atoms with E-state index in [0.29, 0.717) is 12.8 Å². The van der Waals surface area contributed by atoms with Crippen LogP contribution in [0.1, 0.15) is 109 Å². The van der Waals surface area contributed by atoms with Gasteiger partial charge in [-0.05, 0) is 12.8 Å². The third-order valence-corrected chi connectivity index (χ3v) is 5.02. The molecule has 156 valence electrons. The zero-order valence-corrected chi connectivity index (χ0v) is 16.6. The molecule has 0 saturated carbocycles. The molecule has 2 unspecified atom stereocenters. The second-order valence-corrected chi connectivity index (χ2v) is 7.55. The van der Waals surface area contributed by atoms with Crippen LogP contribution in [-0.4, -0.2) is 45.2 Å². The minimum Gasteiger partial charge on any atom is -0.481 e. The minimum absolute atomic E-state index is 0.314. The lowest BCUT2D eigenvalue weighted by molar-refractivity contribution is -0.137. The maximum atomic E-state index is 10.4. The molecule has 0 spiro atoms. The summed E-state index contributed by atoms with van der Waals surface area (Å²) in [6.45, 7) is -0.367. The number of rotatable bonds is 20. The van der Waals surface area contributed by atoms with E-state index in [4.69, 9.17) is 10.2 Å². The van der Waals surface area contributed by atoms with Crippen molar-refractivity contribution in [3.63, 3.8) is 0 Å². The number of carbonyl (C=O) groups is 1. The van der Waals surface area contributed by atoms with Crippen molar-refractivity contribution < 1.29 is 25.2 Å². The van der Waals surface area contributed by atoms with E-state index in [-0.39, 0.29) is 6.61 Å². The van der Waals surface area contributed by atoms with Crippen molar-refractivity contribution in [3.05, 3.63) is 0 Å². The van der Waals surface area contributed by atoms with Gasteiger partial charge in [-0.15, -0.1) is 0 Å². The summed E-state index contributed by atoms with van der Waals surface area (Å²) in [5.41, 5.74) is 0. The molecule has 0 aromatic rings. The van der Waals surface area contributed by atoms with Crippen molar-refractivity contribution in [3.8, 4) is 0 Å². The number of carboxylic acids is 1. The largest absolute Gasteiger partial charge is 0.481 e. The van der Waals surface area contributed by atoms with E-state index in [1.807, 2.05) is 0 Å². The molecule has 0 aliphatic rings. The first-order valence-electron chi connectivity index (χ1n) is 10.8. The van der Waals surface area contributed by atoms with Gasteiger partial charge in [0, 0.05) is 6.42 Å². The molecule has 0 aromatic carbocycles. The van der Waals surface area contributed by atoms with Crippen molar-refractivity contribution in [2.75, 3.05) is 6.61 Å². The van der Waals surface area contributed by atoms with Gasteiger partial charge in [0.25, 0.3) is 0 Å². The molecule has 2 atom stereocenters. The van der Waals surface area contributed by atoms with Gasteiger partial charge < -0.3 is 20.4 Å². The van der Waals surface area contributed by atoms with E-state index in [1.165, 1.54) is 70.6 Å². The van der Waals surface area contributed by atoms with E-state index < -0.39 is 18.2 Å². The van der Waals surface area contributed by atoms with Crippen molar-refractivity contribution in [2.45, 2.75) is 121 Å². The van der Waals surface area contributed by atoms with Crippen LogP contribution >= 0.6 is 0 Å². The molecule has 0 rings (SSSR count). The SMILES string of the molecule is O=C(O)CCCCCCCCCCCCCCCCCC(O)C(O)CO. The first-order chi connectivity index (χ1) is 12.6. The van der Waals surface area contributed by atoms with Gasteiger partial charge in [0.15, 0.2) is 0 Å². The third kappa shape index (κ3) is 18.2. The van der Waals surface area contributed by atoms with Crippen LogP contribution < -0.4 is 0 Å². The molecular weight excluding hydrogens is 332 g/mol.